The number of rotatable bonds is 6. The zero-order valence-corrected chi connectivity index (χ0v) is 12.3. The summed E-state index contributed by atoms with van der Waals surface area (Å²) in [5, 5.41) is 18.2. The largest absolute Gasteiger partial charge is 0.481 e. The van der Waals surface area contributed by atoms with Crippen LogP contribution in [-0.2, 0) is 27.2 Å². The van der Waals surface area contributed by atoms with Crippen LogP contribution in [0.4, 0.5) is 0 Å². The molecule has 0 aliphatic carbocycles. The number of carboxylic acid groups (broad SMARTS) is 2. The van der Waals surface area contributed by atoms with Crippen molar-refractivity contribution in [2.45, 2.75) is 44.3 Å². The summed E-state index contributed by atoms with van der Waals surface area (Å²) in [6.45, 7) is 0. The molecule has 0 spiro atoms. The molecule has 2 heterocycles. The van der Waals surface area contributed by atoms with Gasteiger partial charge in [-0.2, -0.15) is 0 Å². The number of aliphatic carboxylic acids is 2. The van der Waals surface area contributed by atoms with Gasteiger partial charge in [0.15, 0.2) is 0 Å². The molecule has 2 N–H and O–H groups in total. The summed E-state index contributed by atoms with van der Waals surface area (Å²) in [5.74, 6) is -1.43. The summed E-state index contributed by atoms with van der Waals surface area (Å²) in [4.78, 5) is 22.1. The molecule has 0 radical (unpaired) electrons. The van der Waals surface area contributed by atoms with Crippen LogP contribution in [0, 0.1) is 11.8 Å². The average molecular weight is 304 g/mol. The molecule has 5 nitrogen and oxygen atoms in total. The third kappa shape index (κ3) is 2.99. The summed E-state index contributed by atoms with van der Waals surface area (Å²) < 4.78 is 5.91. The van der Waals surface area contributed by atoms with Gasteiger partial charge in [0.2, 0.25) is 0 Å². The van der Waals surface area contributed by atoms with Gasteiger partial charge in [-0.05, 0) is 36.3 Å². The van der Waals surface area contributed by atoms with Crippen LogP contribution in [0.1, 0.15) is 30.4 Å². The Morgan fingerprint density at radius 1 is 1.00 bits per heavy atom. The number of carbonyl (C=O) groups is 2. The van der Waals surface area contributed by atoms with E-state index in [1.54, 1.807) is 0 Å². The molecular formula is C17H20O5. The first-order valence-corrected chi connectivity index (χ1v) is 7.70. The average Bonchev–Trinajstić information content (AvgIpc) is 3.03. The number of hydrogen-bond donors (Lipinski definition) is 2. The molecule has 1 aromatic rings. The Morgan fingerprint density at radius 2 is 1.64 bits per heavy atom. The van der Waals surface area contributed by atoms with Crippen LogP contribution in [0.5, 0.6) is 0 Å². The summed E-state index contributed by atoms with van der Waals surface area (Å²) >= 11 is 0. The number of ether oxygens (including phenoxy) is 1. The van der Waals surface area contributed by atoms with Crippen LogP contribution in [0.25, 0.3) is 0 Å². The molecule has 3 rings (SSSR count). The second-order valence-corrected chi connectivity index (χ2v) is 6.26. The molecule has 0 amide bonds. The minimum atomic E-state index is -0.848. The van der Waals surface area contributed by atoms with E-state index in [0.29, 0.717) is 6.42 Å². The lowest BCUT2D eigenvalue weighted by Gasteiger charge is -2.27. The van der Waals surface area contributed by atoms with Gasteiger partial charge in [-0.1, -0.05) is 24.3 Å². The van der Waals surface area contributed by atoms with Gasteiger partial charge < -0.3 is 14.9 Å². The van der Waals surface area contributed by atoms with Crippen molar-refractivity contribution in [3.8, 4) is 0 Å². The molecule has 118 valence electrons. The maximum Gasteiger partial charge on any atom is 0.307 e. The van der Waals surface area contributed by atoms with Crippen LogP contribution in [0.3, 0.4) is 0 Å². The molecule has 2 aliphatic rings. The fraction of sp³-hybridized carbons (Fsp3) is 0.529. The summed E-state index contributed by atoms with van der Waals surface area (Å²) in [7, 11) is 0. The highest BCUT2D eigenvalue weighted by Crippen LogP contribution is 2.46. The van der Waals surface area contributed by atoms with Crippen LogP contribution in [0.15, 0.2) is 24.3 Å². The highest BCUT2D eigenvalue weighted by molar-refractivity contribution is 5.70. The molecule has 2 bridgehead atoms. The molecule has 2 saturated heterocycles. The van der Waals surface area contributed by atoms with Crippen LogP contribution in [0.2, 0.25) is 0 Å². The molecular weight excluding hydrogens is 284 g/mol. The molecule has 4 atom stereocenters. The van der Waals surface area contributed by atoms with E-state index in [1.807, 2.05) is 24.3 Å². The minimum Gasteiger partial charge on any atom is -0.481 e. The van der Waals surface area contributed by atoms with Crippen molar-refractivity contribution in [1.29, 1.82) is 0 Å². The van der Waals surface area contributed by atoms with Gasteiger partial charge in [0, 0.05) is 5.92 Å². The quantitative estimate of drug-likeness (QED) is 0.841. The fourth-order valence-electron chi connectivity index (χ4n) is 3.98. The Kier molecular flexibility index (Phi) is 4.16. The van der Waals surface area contributed by atoms with E-state index < -0.39 is 11.9 Å². The van der Waals surface area contributed by atoms with Gasteiger partial charge >= 0.3 is 11.9 Å². The number of carboxylic acids is 2. The van der Waals surface area contributed by atoms with Crippen molar-refractivity contribution in [3.63, 3.8) is 0 Å². The second-order valence-electron chi connectivity index (χ2n) is 6.26. The highest BCUT2D eigenvalue weighted by Gasteiger charge is 2.49. The molecule has 0 aromatic heterocycles. The number of fused-ring (bicyclic) bond motifs is 2. The van der Waals surface area contributed by atoms with E-state index in [4.69, 9.17) is 14.9 Å². The molecule has 0 saturated carbocycles. The Bertz CT molecular complexity index is 582. The van der Waals surface area contributed by atoms with E-state index in [0.717, 1.165) is 24.0 Å². The van der Waals surface area contributed by atoms with Crippen molar-refractivity contribution in [1.82, 2.24) is 0 Å². The summed E-state index contributed by atoms with van der Waals surface area (Å²) in [5.41, 5.74) is 1.81. The predicted molar refractivity (Wildman–Crippen MR) is 78.6 cm³/mol. The third-order valence-electron chi connectivity index (χ3n) is 4.92. The van der Waals surface area contributed by atoms with Crippen LogP contribution >= 0.6 is 0 Å². The Hall–Kier alpha value is -1.88. The lowest BCUT2D eigenvalue weighted by molar-refractivity contribution is -0.139. The molecule has 22 heavy (non-hydrogen) atoms. The summed E-state index contributed by atoms with van der Waals surface area (Å²) in [6.07, 6.45) is 2.92. The minimum absolute atomic E-state index is 0.00143. The molecule has 0 unspecified atom stereocenters. The number of benzene rings is 1. The van der Waals surface area contributed by atoms with Crippen molar-refractivity contribution in [2.75, 3.05) is 0 Å². The predicted octanol–water partition coefficient (Wildman–Crippen LogP) is 2.12. The highest BCUT2D eigenvalue weighted by atomic mass is 16.5. The Morgan fingerprint density at radius 3 is 2.27 bits per heavy atom. The topological polar surface area (TPSA) is 83.8 Å². The molecule has 2 fully saturated rings. The van der Waals surface area contributed by atoms with Crippen molar-refractivity contribution < 1.29 is 24.5 Å². The molecule has 5 heteroatoms. The lowest BCUT2D eigenvalue weighted by atomic mass is 9.74. The van der Waals surface area contributed by atoms with E-state index in [1.165, 1.54) is 0 Å². The normalized spacial score (nSPS) is 29.6. The first-order chi connectivity index (χ1) is 10.5. The molecule has 2 aliphatic heterocycles. The maximum absolute atomic E-state index is 11.1. The van der Waals surface area contributed by atoms with Gasteiger partial charge in [-0.3, -0.25) is 9.59 Å². The van der Waals surface area contributed by atoms with E-state index in [-0.39, 0.29) is 36.9 Å². The van der Waals surface area contributed by atoms with Crippen molar-refractivity contribution in [2.24, 2.45) is 11.8 Å². The molecule has 1 aromatic carbocycles. The van der Waals surface area contributed by atoms with Gasteiger partial charge in [-0.15, -0.1) is 0 Å². The smallest absolute Gasteiger partial charge is 0.307 e. The lowest BCUT2D eigenvalue weighted by Crippen LogP contribution is -2.31. The first kappa shape index (κ1) is 15.0. The van der Waals surface area contributed by atoms with E-state index >= 15 is 0 Å². The fourth-order valence-corrected chi connectivity index (χ4v) is 3.98. The standard InChI is InChI=1S/C17H20O5/c18-16(19)8-11-4-2-1-3-10(11)7-12-13(9-17(20)21)15-6-5-14(12)22-15/h1-4,12-15H,5-9H2,(H,18,19)(H,20,21)/t12-,13+,14+,15-/m1/s1. The first-order valence-electron chi connectivity index (χ1n) is 7.70. The van der Waals surface area contributed by atoms with Crippen molar-refractivity contribution >= 4 is 11.9 Å². The van der Waals surface area contributed by atoms with Gasteiger partial charge in [-0.25, -0.2) is 0 Å². The van der Waals surface area contributed by atoms with Gasteiger partial charge in [0.25, 0.3) is 0 Å². The second kappa shape index (κ2) is 6.08. The maximum atomic E-state index is 11.1. The SMILES string of the molecule is O=C(O)Cc1ccccc1C[C@@H]1[C@H](CC(=O)O)[C@H]2CC[C@@H]1O2. The zero-order valence-electron chi connectivity index (χ0n) is 12.3. The number of hydrogen-bond acceptors (Lipinski definition) is 3. The van der Waals surface area contributed by atoms with Crippen LogP contribution < -0.4 is 0 Å². The van der Waals surface area contributed by atoms with Gasteiger partial charge in [0.05, 0.1) is 25.0 Å². The third-order valence-corrected chi connectivity index (χ3v) is 4.92. The van der Waals surface area contributed by atoms with Gasteiger partial charge in [0.1, 0.15) is 0 Å². The van der Waals surface area contributed by atoms with E-state index in [2.05, 4.69) is 0 Å². The zero-order chi connectivity index (χ0) is 15.7. The summed E-state index contributed by atoms with van der Waals surface area (Å²) in [6, 6.07) is 7.53. The van der Waals surface area contributed by atoms with Crippen molar-refractivity contribution in [3.05, 3.63) is 35.4 Å². The Labute approximate surface area is 128 Å². The Balaban J connectivity index is 1.79. The van der Waals surface area contributed by atoms with E-state index in [9.17, 15) is 9.59 Å². The van der Waals surface area contributed by atoms with Crippen LogP contribution in [-0.4, -0.2) is 34.4 Å². The monoisotopic (exact) mass is 304 g/mol.